The van der Waals surface area contributed by atoms with Gasteiger partial charge in [0.05, 0.1) is 20.5 Å². The van der Waals surface area contributed by atoms with Crippen LogP contribution in [0.5, 0.6) is 17.2 Å². The van der Waals surface area contributed by atoms with Crippen LogP contribution < -0.4 is 19.5 Å². The fraction of sp³-hybridized carbons (Fsp3) is 0.167. The molecule has 0 fully saturated rings. The zero-order chi connectivity index (χ0) is 16.7. The Hall–Kier alpha value is -2.95. The van der Waals surface area contributed by atoms with Crippen molar-refractivity contribution >= 4 is 11.6 Å². The molecule has 23 heavy (non-hydrogen) atoms. The zero-order valence-corrected chi connectivity index (χ0v) is 13.3. The minimum atomic E-state index is -0.245. The summed E-state index contributed by atoms with van der Waals surface area (Å²) < 4.78 is 15.8. The summed E-state index contributed by atoms with van der Waals surface area (Å²) in [4.78, 5) is 12.1. The molecular weight excluding hydrogens is 294 g/mol. The van der Waals surface area contributed by atoms with E-state index < -0.39 is 0 Å². The van der Waals surface area contributed by atoms with Crippen molar-refractivity contribution < 1.29 is 19.0 Å². The first kappa shape index (κ1) is 16.4. The number of carbonyl (C=O) groups is 1. The molecule has 1 N–H and O–H groups in total. The van der Waals surface area contributed by atoms with Gasteiger partial charge in [0.25, 0.3) is 5.91 Å². The van der Waals surface area contributed by atoms with E-state index in [4.69, 9.17) is 14.2 Å². The van der Waals surface area contributed by atoms with Gasteiger partial charge in [0.2, 0.25) is 0 Å². The first-order valence-corrected chi connectivity index (χ1v) is 7.06. The van der Waals surface area contributed by atoms with Crippen LogP contribution in [0.15, 0.2) is 60.4 Å². The third-order valence-electron chi connectivity index (χ3n) is 3.14. The quantitative estimate of drug-likeness (QED) is 0.653. The van der Waals surface area contributed by atoms with E-state index in [0.717, 1.165) is 5.75 Å². The Kier molecular flexibility index (Phi) is 5.63. The van der Waals surface area contributed by atoms with E-state index in [1.807, 2.05) is 12.1 Å². The highest BCUT2D eigenvalue weighted by Gasteiger charge is 2.07. The Morgan fingerprint density at radius 3 is 2.22 bits per heavy atom. The van der Waals surface area contributed by atoms with Gasteiger partial charge in [0.1, 0.15) is 5.75 Å². The number of hydrogen-bond acceptors (Lipinski definition) is 4. The third-order valence-corrected chi connectivity index (χ3v) is 3.14. The van der Waals surface area contributed by atoms with Gasteiger partial charge < -0.3 is 19.5 Å². The average molecular weight is 313 g/mol. The molecule has 0 atom stereocenters. The van der Waals surface area contributed by atoms with Gasteiger partial charge in [-0.2, -0.15) is 0 Å². The lowest BCUT2D eigenvalue weighted by atomic mass is 10.2. The number of para-hydroxylation sites is 2. The largest absolute Gasteiger partial charge is 0.497 e. The molecule has 5 nitrogen and oxygen atoms in total. The summed E-state index contributed by atoms with van der Waals surface area (Å²) in [5.41, 5.74) is 1.12. The van der Waals surface area contributed by atoms with Crippen molar-refractivity contribution in [3.05, 3.63) is 60.4 Å². The summed E-state index contributed by atoms with van der Waals surface area (Å²) in [6.07, 6.45) is 1.40. The molecule has 2 aromatic rings. The first-order valence-electron chi connectivity index (χ1n) is 7.06. The van der Waals surface area contributed by atoms with Crippen molar-refractivity contribution in [1.29, 1.82) is 0 Å². The maximum atomic E-state index is 12.1. The molecule has 1 amide bonds. The first-order chi connectivity index (χ1) is 11.1. The maximum Gasteiger partial charge on any atom is 0.254 e. The summed E-state index contributed by atoms with van der Waals surface area (Å²) in [5.74, 6) is 1.64. The minimum absolute atomic E-state index is 0.245. The molecule has 0 saturated carbocycles. The van der Waals surface area contributed by atoms with Crippen molar-refractivity contribution in [2.75, 3.05) is 19.5 Å². The molecular formula is C18H19NO4. The summed E-state index contributed by atoms with van der Waals surface area (Å²) in [5, 5.41) is 2.78. The second-order valence-electron chi connectivity index (χ2n) is 4.75. The Bertz CT molecular complexity index is 692. The number of rotatable bonds is 6. The fourth-order valence-electron chi connectivity index (χ4n) is 1.83. The molecule has 0 bridgehead atoms. The molecule has 0 saturated heterocycles. The topological polar surface area (TPSA) is 56.8 Å². The number of carbonyl (C=O) groups excluding carboxylic acids is 1. The number of hydrogen-bond donors (Lipinski definition) is 1. The van der Waals surface area contributed by atoms with Crippen molar-refractivity contribution in [3.63, 3.8) is 0 Å². The van der Waals surface area contributed by atoms with Crippen LogP contribution in [-0.4, -0.2) is 20.1 Å². The van der Waals surface area contributed by atoms with E-state index in [0.29, 0.717) is 22.8 Å². The normalized spacial score (nSPS) is 10.8. The molecule has 2 rings (SSSR count). The molecule has 0 radical (unpaired) electrons. The standard InChI is InChI=1S/C18H19NO4/c1-13(12-23-17-7-5-4-6-16(17)22-3)18(20)19-14-8-10-15(21-2)11-9-14/h4-12H,1-3H3,(H,19,20). The number of ether oxygens (including phenoxy) is 3. The molecule has 5 heteroatoms. The van der Waals surface area contributed by atoms with Crippen molar-refractivity contribution in [1.82, 2.24) is 0 Å². The van der Waals surface area contributed by atoms with E-state index in [-0.39, 0.29) is 5.91 Å². The summed E-state index contributed by atoms with van der Waals surface area (Å²) in [7, 11) is 3.16. The Morgan fingerprint density at radius 2 is 1.61 bits per heavy atom. The second-order valence-corrected chi connectivity index (χ2v) is 4.75. The van der Waals surface area contributed by atoms with E-state index >= 15 is 0 Å². The molecule has 0 aliphatic heterocycles. The van der Waals surface area contributed by atoms with Crippen molar-refractivity contribution in [2.24, 2.45) is 0 Å². The Morgan fingerprint density at radius 1 is 0.957 bits per heavy atom. The molecule has 2 aromatic carbocycles. The minimum Gasteiger partial charge on any atom is -0.497 e. The van der Waals surface area contributed by atoms with Crippen LogP contribution >= 0.6 is 0 Å². The maximum absolute atomic E-state index is 12.1. The predicted molar refractivity (Wildman–Crippen MR) is 89.0 cm³/mol. The second kappa shape index (κ2) is 7.89. The Balaban J connectivity index is 2.00. The Labute approximate surface area is 135 Å². The number of anilines is 1. The smallest absolute Gasteiger partial charge is 0.254 e. The number of benzene rings is 2. The lowest BCUT2D eigenvalue weighted by Gasteiger charge is -2.09. The van der Waals surface area contributed by atoms with Crippen LogP contribution in [0.4, 0.5) is 5.69 Å². The van der Waals surface area contributed by atoms with Crippen LogP contribution in [0.2, 0.25) is 0 Å². The van der Waals surface area contributed by atoms with Crippen LogP contribution in [0.1, 0.15) is 6.92 Å². The van der Waals surface area contributed by atoms with Gasteiger partial charge in [-0.15, -0.1) is 0 Å². The molecule has 0 aliphatic rings. The number of methoxy groups -OCH3 is 2. The highest BCUT2D eigenvalue weighted by Crippen LogP contribution is 2.26. The fourth-order valence-corrected chi connectivity index (χ4v) is 1.83. The van der Waals surface area contributed by atoms with Gasteiger partial charge in [-0.05, 0) is 43.3 Å². The van der Waals surface area contributed by atoms with Crippen LogP contribution in [0.3, 0.4) is 0 Å². The van der Waals surface area contributed by atoms with Gasteiger partial charge in [-0.3, -0.25) is 4.79 Å². The molecule has 0 unspecified atom stereocenters. The molecule has 0 spiro atoms. The SMILES string of the molecule is COc1ccc(NC(=O)C(C)=COc2ccccc2OC)cc1. The monoisotopic (exact) mass is 313 g/mol. The lowest BCUT2D eigenvalue weighted by molar-refractivity contribution is -0.112. The third kappa shape index (κ3) is 4.51. The zero-order valence-electron chi connectivity index (χ0n) is 13.3. The van der Waals surface area contributed by atoms with Crippen LogP contribution in [-0.2, 0) is 4.79 Å². The van der Waals surface area contributed by atoms with Gasteiger partial charge in [-0.1, -0.05) is 12.1 Å². The van der Waals surface area contributed by atoms with Gasteiger partial charge >= 0.3 is 0 Å². The molecule has 0 aliphatic carbocycles. The van der Waals surface area contributed by atoms with Gasteiger partial charge in [0, 0.05) is 11.3 Å². The molecule has 0 heterocycles. The predicted octanol–water partition coefficient (Wildman–Crippen LogP) is 3.63. The highest BCUT2D eigenvalue weighted by atomic mass is 16.5. The van der Waals surface area contributed by atoms with Gasteiger partial charge in [-0.25, -0.2) is 0 Å². The number of amides is 1. The summed E-state index contributed by atoms with van der Waals surface area (Å²) in [6, 6.07) is 14.3. The average Bonchev–Trinajstić information content (AvgIpc) is 2.60. The van der Waals surface area contributed by atoms with E-state index in [9.17, 15) is 4.79 Å². The summed E-state index contributed by atoms with van der Waals surface area (Å²) in [6.45, 7) is 1.67. The van der Waals surface area contributed by atoms with Gasteiger partial charge in [0.15, 0.2) is 11.5 Å². The molecule has 120 valence electrons. The molecule has 0 aromatic heterocycles. The van der Waals surface area contributed by atoms with E-state index in [1.54, 1.807) is 57.5 Å². The van der Waals surface area contributed by atoms with Crippen molar-refractivity contribution in [2.45, 2.75) is 6.92 Å². The van der Waals surface area contributed by atoms with Crippen LogP contribution in [0, 0.1) is 0 Å². The number of nitrogens with one attached hydrogen (secondary N) is 1. The van der Waals surface area contributed by atoms with E-state index in [1.165, 1.54) is 6.26 Å². The summed E-state index contributed by atoms with van der Waals surface area (Å²) >= 11 is 0. The van der Waals surface area contributed by atoms with Crippen LogP contribution in [0.25, 0.3) is 0 Å². The van der Waals surface area contributed by atoms with E-state index in [2.05, 4.69) is 5.32 Å². The highest BCUT2D eigenvalue weighted by molar-refractivity contribution is 6.03. The lowest BCUT2D eigenvalue weighted by Crippen LogP contribution is -2.13. The van der Waals surface area contributed by atoms with Crippen molar-refractivity contribution in [3.8, 4) is 17.2 Å².